The summed E-state index contributed by atoms with van der Waals surface area (Å²) in [5.41, 5.74) is 8.51. The van der Waals surface area contributed by atoms with Gasteiger partial charge in [-0.25, -0.2) is 0 Å². The Kier molecular flexibility index (Phi) is 5.23. The molecule has 0 aliphatic carbocycles. The van der Waals surface area contributed by atoms with E-state index in [0.717, 1.165) is 22.9 Å². The number of amides is 1. The van der Waals surface area contributed by atoms with Crippen molar-refractivity contribution in [3.05, 3.63) is 81.8 Å². The van der Waals surface area contributed by atoms with E-state index in [4.69, 9.17) is 10.8 Å². The molecule has 3 aromatic rings. The summed E-state index contributed by atoms with van der Waals surface area (Å²) in [7, 11) is 0. The lowest BCUT2D eigenvalue weighted by atomic mass is 10.0. The van der Waals surface area contributed by atoms with Crippen molar-refractivity contribution in [3.63, 3.8) is 0 Å². The summed E-state index contributed by atoms with van der Waals surface area (Å²) in [5, 5.41) is 22.1. The van der Waals surface area contributed by atoms with E-state index < -0.39 is 11.3 Å². The second kappa shape index (κ2) is 7.76. The average molecular weight is 365 g/mol. The zero-order valence-corrected chi connectivity index (χ0v) is 14.4. The number of nitrogens with one attached hydrogen (secondary N) is 2. The Bertz CT molecular complexity index is 1010. The number of primary amides is 1. The predicted molar refractivity (Wildman–Crippen MR) is 102 cm³/mol. The van der Waals surface area contributed by atoms with E-state index in [2.05, 4.69) is 10.3 Å². The fourth-order valence-corrected chi connectivity index (χ4v) is 2.68. The van der Waals surface area contributed by atoms with Crippen molar-refractivity contribution in [2.45, 2.75) is 13.2 Å². The molecule has 0 unspecified atom stereocenters. The Morgan fingerprint density at radius 3 is 2.19 bits per heavy atom. The predicted octanol–water partition coefficient (Wildman–Crippen LogP) is 1.95. The van der Waals surface area contributed by atoms with Crippen LogP contribution in [0, 0.1) is 0 Å². The molecule has 1 aromatic heterocycles. The van der Waals surface area contributed by atoms with Crippen LogP contribution >= 0.6 is 0 Å². The van der Waals surface area contributed by atoms with Crippen molar-refractivity contribution in [1.82, 2.24) is 4.98 Å². The van der Waals surface area contributed by atoms with Crippen LogP contribution in [0.1, 0.15) is 21.7 Å². The van der Waals surface area contributed by atoms with Gasteiger partial charge in [-0.2, -0.15) is 0 Å². The molecule has 0 radical (unpaired) electrons. The highest BCUT2D eigenvalue weighted by atomic mass is 16.3. The minimum absolute atomic E-state index is 0.196. The zero-order chi connectivity index (χ0) is 19.4. The van der Waals surface area contributed by atoms with Crippen LogP contribution in [0.15, 0.2) is 59.4 Å². The van der Waals surface area contributed by atoms with Crippen LogP contribution in [0.4, 0.5) is 5.69 Å². The molecule has 0 aliphatic heterocycles. The van der Waals surface area contributed by atoms with Gasteiger partial charge in [0.1, 0.15) is 0 Å². The molecule has 0 spiro atoms. The topological polar surface area (TPSA) is 128 Å². The second-order valence-electron chi connectivity index (χ2n) is 6.02. The van der Waals surface area contributed by atoms with Crippen LogP contribution in [-0.2, 0) is 13.2 Å². The number of aromatic hydroxyl groups is 1. The molecule has 0 aliphatic rings. The first-order chi connectivity index (χ1) is 13.0. The maximum atomic E-state index is 11.7. The van der Waals surface area contributed by atoms with Crippen molar-refractivity contribution >= 4 is 11.6 Å². The molecule has 0 atom stereocenters. The van der Waals surface area contributed by atoms with Crippen LogP contribution in [-0.4, -0.2) is 21.1 Å². The van der Waals surface area contributed by atoms with Gasteiger partial charge < -0.3 is 26.2 Å². The molecule has 7 heteroatoms. The number of hydrogen-bond donors (Lipinski definition) is 5. The Morgan fingerprint density at radius 2 is 1.63 bits per heavy atom. The minimum Gasteiger partial charge on any atom is -0.503 e. The van der Waals surface area contributed by atoms with E-state index in [9.17, 15) is 14.7 Å². The molecule has 7 nitrogen and oxygen atoms in total. The number of carbonyl (C=O) groups is 1. The third-order valence-electron chi connectivity index (χ3n) is 4.16. The molecule has 1 heterocycles. The van der Waals surface area contributed by atoms with Crippen LogP contribution < -0.4 is 16.5 Å². The first-order valence-electron chi connectivity index (χ1n) is 8.27. The van der Waals surface area contributed by atoms with Crippen LogP contribution in [0.25, 0.3) is 11.1 Å². The summed E-state index contributed by atoms with van der Waals surface area (Å²) in [6.07, 6.45) is 0. The largest absolute Gasteiger partial charge is 0.503 e. The van der Waals surface area contributed by atoms with Gasteiger partial charge in [0.25, 0.3) is 0 Å². The summed E-state index contributed by atoms with van der Waals surface area (Å²) in [6, 6.07) is 15.7. The monoisotopic (exact) mass is 365 g/mol. The number of pyridine rings is 1. The first kappa shape index (κ1) is 18.2. The van der Waals surface area contributed by atoms with Crippen molar-refractivity contribution in [3.8, 4) is 16.9 Å². The fraction of sp³-hybridized carbons (Fsp3) is 0.100. The normalized spacial score (nSPS) is 10.6. The highest BCUT2D eigenvalue weighted by molar-refractivity contribution is 5.93. The number of hydrogen-bond acceptors (Lipinski definition) is 5. The summed E-state index contributed by atoms with van der Waals surface area (Å²) in [4.78, 5) is 25.6. The lowest BCUT2D eigenvalue weighted by Gasteiger charge is -2.10. The minimum atomic E-state index is -0.538. The third kappa shape index (κ3) is 4.16. The van der Waals surface area contributed by atoms with Crippen molar-refractivity contribution in [2.75, 3.05) is 5.32 Å². The smallest absolute Gasteiger partial charge is 0.248 e. The fourth-order valence-electron chi connectivity index (χ4n) is 2.68. The van der Waals surface area contributed by atoms with Gasteiger partial charge in [0.2, 0.25) is 11.3 Å². The zero-order valence-electron chi connectivity index (χ0n) is 14.4. The Morgan fingerprint density at radius 1 is 1.04 bits per heavy atom. The quantitative estimate of drug-likeness (QED) is 0.456. The molecule has 0 fully saturated rings. The molecule has 2 aromatic carbocycles. The number of H-pyrrole nitrogens is 1. The number of aromatic nitrogens is 1. The number of nitrogens with two attached hydrogens (primary N) is 1. The molecule has 27 heavy (non-hydrogen) atoms. The number of benzene rings is 2. The molecule has 1 amide bonds. The van der Waals surface area contributed by atoms with Gasteiger partial charge >= 0.3 is 0 Å². The molecule has 0 saturated heterocycles. The second-order valence-corrected chi connectivity index (χ2v) is 6.02. The van der Waals surface area contributed by atoms with Crippen LogP contribution in [0.5, 0.6) is 5.75 Å². The number of anilines is 1. The van der Waals surface area contributed by atoms with Gasteiger partial charge in [0.15, 0.2) is 5.75 Å². The number of aliphatic hydroxyl groups excluding tert-OH is 1. The molecule has 138 valence electrons. The first-order valence-corrected chi connectivity index (χ1v) is 8.27. The van der Waals surface area contributed by atoms with Gasteiger partial charge in [0.05, 0.1) is 18.8 Å². The van der Waals surface area contributed by atoms with Crippen LogP contribution in [0.3, 0.4) is 0 Å². The molecule has 0 saturated carbocycles. The summed E-state index contributed by atoms with van der Waals surface area (Å²) >= 11 is 0. The lowest BCUT2D eigenvalue weighted by molar-refractivity contribution is 0.100. The van der Waals surface area contributed by atoms with E-state index in [0.29, 0.717) is 17.0 Å². The SMILES string of the molecule is NC(=O)c1ccc(-c2ccc(NCc3[nH]c(CO)cc(=O)c3O)cc2)cc1. The van der Waals surface area contributed by atoms with Gasteiger partial charge in [-0.05, 0) is 35.4 Å². The van der Waals surface area contributed by atoms with Gasteiger partial charge in [-0.1, -0.05) is 24.3 Å². The maximum absolute atomic E-state index is 11.7. The van der Waals surface area contributed by atoms with Crippen LogP contribution in [0.2, 0.25) is 0 Å². The van der Waals surface area contributed by atoms with E-state index in [1.165, 1.54) is 0 Å². The van der Waals surface area contributed by atoms with E-state index in [1.54, 1.807) is 12.1 Å². The van der Waals surface area contributed by atoms with E-state index >= 15 is 0 Å². The number of aromatic amines is 1. The summed E-state index contributed by atoms with van der Waals surface area (Å²) in [6.45, 7) is -0.118. The molecular weight excluding hydrogens is 346 g/mol. The standard InChI is InChI=1S/C20H19N3O4/c21-20(27)14-3-1-12(2-4-14)13-5-7-15(8-6-13)22-10-17-19(26)18(25)9-16(11-24)23-17/h1-9,22,24,26H,10-11H2,(H2,21,27)(H,23,25). The number of aliphatic hydroxyl groups is 1. The van der Waals surface area contributed by atoms with Crippen molar-refractivity contribution in [1.29, 1.82) is 0 Å². The lowest BCUT2D eigenvalue weighted by Crippen LogP contribution is -2.11. The third-order valence-corrected chi connectivity index (χ3v) is 4.16. The number of carbonyl (C=O) groups excluding carboxylic acids is 1. The average Bonchev–Trinajstić information content (AvgIpc) is 2.69. The highest BCUT2D eigenvalue weighted by Crippen LogP contribution is 2.22. The molecular formula is C20H19N3O4. The van der Waals surface area contributed by atoms with Crippen molar-refractivity contribution < 1.29 is 15.0 Å². The van der Waals surface area contributed by atoms with E-state index in [-0.39, 0.29) is 18.9 Å². The maximum Gasteiger partial charge on any atom is 0.248 e. The summed E-state index contributed by atoms with van der Waals surface area (Å²) < 4.78 is 0. The number of rotatable bonds is 6. The Labute approximate surface area is 155 Å². The van der Waals surface area contributed by atoms with Gasteiger partial charge in [-0.15, -0.1) is 0 Å². The molecule has 3 rings (SSSR count). The van der Waals surface area contributed by atoms with Gasteiger partial charge in [-0.3, -0.25) is 9.59 Å². The van der Waals surface area contributed by atoms with E-state index in [1.807, 2.05) is 36.4 Å². The summed E-state index contributed by atoms with van der Waals surface area (Å²) in [5.74, 6) is -0.835. The molecule has 6 N–H and O–H groups in total. The highest BCUT2D eigenvalue weighted by Gasteiger charge is 2.08. The van der Waals surface area contributed by atoms with Gasteiger partial charge in [0, 0.05) is 23.0 Å². The Hall–Kier alpha value is -3.58. The Balaban J connectivity index is 1.72. The van der Waals surface area contributed by atoms with Crippen molar-refractivity contribution in [2.24, 2.45) is 5.73 Å². The molecule has 0 bridgehead atoms.